The van der Waals surface area contributed by atoms with Gasteiger partial charge in [0, 0.05) is 6.92 Å². The van der Waals surface area contributed by atoms with E-state index >= 15 is 0 Å². The molecular formula is C15H16N2O4. The lowest BCUT2D eigenvalue weighted by molar-refractivity contribution is -0.123. The van der Waals surface area contributed by atoms with Gasteiger partial charge in [-0.2, -0.15) is 0 Å². The van der Waals surface area contributed by atoms with Crippen molar-refractivity contribution in [2.24, 2.45) is 0 Å². The molecule has 2 amide bonds. The zero-order valence-corrected chi connectivity index (χ0v) is 11.6. The van der Waals surface area contributed by atoms with Crippen LogP contribution in [-0.2, 0) is 16.1 Å². The summed E-state index contributed by atoms with van der Waals surface area (Å²) in [6, 6.07) is 10.5. The first-order chi connectivity index (χ1) is 10.1. The first-order valence-corrected chi connectivity index (χ1v) is 6.43. The maximum absolute atomic E-state index is 11.7. The first-order valence-electron chi connectivity index (χ1n) is 6.43. The van der Waals surface area contributed by atoms with Crippen molar-refractivity contribution in [3.05, 3.63) is 48.4 Å². The van der Waals surface area contributed by atoms with E-state index in [1.54, 1.807) is 42.7 Å². The number of carbonyl (C=O) groups excluding carboxylic acids is 2. The smallest absolute Gasteiger partial charge is 0.258 e. The Morgan fingerprint density at radius 3 is 2.71 bits per heavy atom. The molecule has 6 heteroatoms. The number of hydrogen-bond acceptors (Lipinski definition) is 4. The third kappa shape index (κ3) is 4.68. The largest absolute Gasteiger partial charge is 0.482 e. The summed E-state index contributed by atoms with van der Waals surface area (Å²) in [5, 5.41) is 5.31. The minimum Gasteiger partial charge on any atom is -0.482 e. The van der Waals surface area contributed by atoms with Crippen LogP contribution < -0.4 is 15.4 Å². The van der Waals surface area contributed by atoms with Gasteiger partial charge in [0.05, 0.1) is 18.5 Å². The van der Waals surface area contributed by atoms with Crippen molar-refractivity contribution in [1.82, 2.24) is 5.32 Å². The summed E-state index contributed by atoms with van der Waals surface area (Å²) in [6.07, 6.45) is 1.54. The van der Waals surface area contributed by atoms with Gasteiger partial charge in [0.1, 0.15) is 11.5 Å². The fourth-order valence-corrected chi connectivity index (χ4v) is 1.68. The standard InChI is InChI=1S/C15H16N2O4/c1-11(18)17-13-6-2-3-7-14(13)21-10-15(19)16-9-12-5-4-8-20-12/h2-8H,9-10H2,1H3,(H,16,19)(H,17,18). The lowest BCUT2D eigenvalue weighted by Crippen LogP contribution is -2.28. The summed E-state index contributed by atoms with van der Waals surface area (Å²) in [7, 11) is 0. The molecule has 0 spiro atoms. The molecule has 2 aromatic rings. The average molecular weight is 288 g/mol. The molecule has 2 N–H and O–H groups in total. The van der Waals surface area contributed by atoms with Crippen molar-refractivity contribution in [2.75, 3.05) is 11.9 Å². The van der Waals surface area contributed by atoms with Gasteiger partial charge in [-0.1, -0.05) is 12.1 Å². The highest BCUT2D eigenvalue weighted by atomic mass is 16.5. The Morgan fingerprint density at radius 2 is 2.00 bits per heavy atom. The van der Waals surface area contributed by atoms with Crippen molar-refractivity contribution in [3.63, 3.8) is 0 Å². The molecule has 0 fully saturated rings. The fourth-order valence-electron chi connectivity index (χ4n) is 1.68. The number of anilines is 1. The predicted octanol–water partition coefficient (Wildman–Crippen LogP) is 1.93. The highest BCUT2D eigenvalue weighted by molar-refractivity contribution is 5.90. The Hall–Kier alpha value is -2.76. The average Bonchev–Trinajstić information content (AvgIpc) is 2.97. The van der Waals surface area contributed by atoms with Crippen LogP contribution in [0.2, 0.25) is 0 Å². The number of furan rings is 1. The van der Waals surface area contributed by atoms with E-state index in [-0.39, 0.29) is 18.4 Å². The molecule has 0 bridgehead atoms. The molecule has 21 heavy (non-hydrogen) atoms. The molecular weight excluding hydrogens is 272 g/mol. The molecule has 0 atom stereocenters. The maximum atomic E-state index is 11.7. The van der Waals surface area contributed by atoms with Crippen LogP contribution in [0.4, 0.5) is 5.69 Å². The number of ether oxygens (including phenoxy) is 1. The molecule has 1 heterocycles. The molecule has 6 nitrogen and oxygen atoms in total. The maximum Gasteiger partial charge on any atom is 0.258 e. The molecule has 0 aliphatic heterocycles. The molecule has 0 aliphatic rings. The summed E-state index contributed by atoms with van der Waals surface area (Å²) in [5.74, 6) is 0.639. The lowest BCUT2D eigenvalue weighted by atomic mass is 10.3. The van der Waals surface area contributed by atoms with Gasteiger partial charge in [-0.05, 0) is 24.3 Å². The van der Waals surface area contributed by atoms with Gasteiger partial charge >= 0.3 is 0 Å². The third-order valence-corrected chi connectivity index (χ3v) is 2.60. The zero-order chi connectivity index (χ0) is 15.1. The summed E-state index contributed by atoms with van der Waals surface area (Å²) in [5.41, 5.74) is 0.531. The van der Waals surface area contributed by atoms with E-state index in [0.29, 0.717) is 23.7 Å². The van der Waals surface area contributed by atoms with E-state index in [1.165, 1.54) is 6.92 Å². The minimum atomic E-state index is -0.274. The number of carbonyl (C=O) groups is 2. The van der Waals surface area contributed by atoms with Crippen molar-refractivity contribution < 1.29 is 18.7 Å². The molecule has 1 aromatic carbocycles. The quantitative estimate of drug-likeness (QED) is 0.851. The van der Waals surface area contributed by atoms with Gasteiger partial charge in [-0.3, -0.25) is 9.59 Å². The molecule has 2 rings (SSSR count). The van der Waals surface area contributed by atoms with Crippen molar-refractivity contribution in [1.29, 1.82) is 0 Å². The third-order valence-electron chi connectivity index (χ3n) is 2.60. The number of rotatable bonds is 6. The predicted molar refractivity (Wildman–Crippen MR) is 76.8 cm³/mol. The minimum absolute atomic E-state index is 0.142. The monoisotopic (exact) mass is 288 g/mol. The van der Waals surface area contributed by atoms with Crippen LogP contribution in [0.15, 0.2) is 47.1 Å². The van der Waals surface area contributed by atoms with Gasteiger partial charge in [0.15, 0.2) is 6.61 Å². The van der Waals surface area contributed by atoms with Crippen LogP contribution in [0.3, 0.4) is 0 Å². The molecule has 0 radical (unpaired) electrons. The Morgan fingerprint density at radius 1 is 1.19 bits per heavy atom. The molecule has 0 saturated heterocycles. The summed E-state index contributed by atoms with van der Waals surface area (Å²) < 4.78 is 10.5. The molecule has 0 saturated carbocycles. The number of para-hydroxylation sites is 2. The lowest BCUT2D eigenvalue weighted by Gasteiger charge is -2.11. The topological polar surface area (TPSA) is 80.6 Å². The highest BCUT2D eigenvalue weighted by Crippen LogP contribution is 2.23. The van der Waals surface area contributed by atoms with Crippen LogP contribution in [0.25, 0.3) is 0 Å². The number of hydrogen-bond donors (Lipinski definition) is 2. The van der Waals surface area contributed by atoms with Gasteiger partial charge in [0.2, 0.25) is 5.91 Å². The molecule has 1 aromatic heterocycles. The Bertz CT molecular complexity index is 608. The molecule has 0 aliphatic carbocycles. The highest BCUT2D eigenvalue weighted by Gasteiger charge is 2.08. The summed E-state index contributed by atoms with van der Waals surface area (Å²) in [6.45, 7) is 1.58. The van der Waals surface area contributed by atoms with Gasteiger partial charge in [-0.25, -0.2) is 0 Å². The van der Waals surface area contributed by atoms with Crippen molar-refractivity contribution in [3.8, 4) is 5.75 Å². The first kappa shape index (κ1) is 14.6. The van der Waals surface area contributed by atoms with Gasteiger partial charge in [0.25, 0.3) is 5.91 Å². The van der Waals surface area contributed by atoms with Crippen LogP contribution >= 0.6 is 0 Å². The SMILES string of the molecule is CC(=O)Nc1ccccc1OCC(=O)NCc1ccco1. The Labute approximate surface area is 122 Å². The number of benzene rings is 1. The van der Waals surface area contributed by atoms with Gasteiger partial charge < -0.3 is 19.8 Å². The number of nitrogens with one attached hydrogen (secondary N) is 2. The van der Waals surface area contributed by atoms with Crippen LogP contribution in [0.5, 0.6) is 5.75 Å². The fraction of sp³-hybridized carbons (Fsp3) is 0.200. The van der Waals surface area contributed by atoms with Gasteiger partial charge in [-0.15, -0.1) is 0 Å². The molecule has 110 valence electrons. The van der Waals surface area contributed by atoms with Crippen LogP contribution in [0.1, 0.15) is 12.7 Å². The van der Waals surface area contributed by atoms with Crippen LogP contribution in [0, 0.1) is 0 Å². The van der Waals surface area contributed by atoms with Crippen molar-refractivity contribution >= 4 is 17.5 Å². The second-order valence-electron chi connectivity index (χ2n) is 4.32. The Balaban J connectivity index is 1.84. The van der Waals surface area contributed by atoms with Crippen molar-refractivity contribution in [2.45, 2.75) is 13.5 Å². The van der Waals surface area contributed by atoms with E-state index in [9.17, 15) is 9.59 Å². The molecule has 0 unspecified atom stereocenters. The second-order valence-corrected chi connectivity index (χ2v) is 4.32. The summed E-state index contributed by atoms with van der Waals surface area (Å²) >= 11 is 0. The zero-order valence-electron chi connectivity index (χ0n) is 11.6. The summed E-state index contributed by atoms with van der Waals surface area (Å²) in [4.78, 5) is 22.8. The van der Waals surface area contributed by atoms with Crippen LogP contribution in [-0.4, -0.2) is 18.4 Å². The van der Waals surface area contributed by atoms with E-state index in [0.717, 1.165) is 0 Å². The van der Waals surface area contributed by atoms with E-state index in [1.807, 2.05) is 0 Å². The Kier molecular flexibility index (Phi) is 4.98. The second kappa shape index (κ2) is 7.14. The normalized spacial score (nSPS) is 9.95. The van der Waals surface area contributed by atoms with E-state index in [2.05, 4.69) is 10.6 Å². The number of amides is 2. The van der Waals surface area contributed by atoms with E-state index < -0.39 is 0 Å². The van der Waals surface area contributed by atoms with E-state index in [4.69, 9.17) is 9.15 Å².